The van der Waals surface area contributed by atoms with E-state index >= 15 is 0 Å². The average Bonchev–Trinajstić information content (AvgIpc) is 3.02. The zero-order valence-electron chi connectivity index (χ0n) is 27.6. The van der Waals surface area contributed by atoms with E-state index in [1.165, 1.54) is 4.90 Å². The van der Waals surface area contributed by atoms with E-state index in [-0.39, 0.29) is 33.4 Å². The molecule has 3 unspecified atom stereocenters. The highest BCUT2D eigenvalue weighted by Crippen LogP contribution is 2.45. The van der Waals surface area contributed by atoms with Crippen LogP contribution in [0.3, 0.4) is 0 Å². The lowest BCUT2D eigenvalue weighted by Crippen LogP contribution is -2.56. The number of carbonyl (C=O) groups is 1. The van der Waals surface area contributed by atoms with Crippen molar-refractivity contribution in [3.63, 3.8) is 0 Å². The van der Waals surface area contributed by atoms with Crippen molar-refractivity contribution < 1.29 is 27.9 Å². The third-order valence-corrected chi connectivity index (χ3v) is 23.2. The van der Waals surface area contributed by atoms with Gasteiger partial charge in [-0.15, -0.1) is 0 Å². The second-order valence-corrected chi connectivity index (χ2v) is 30.3. The number of nitrogens with one attached hydrogen (secondary N) is 1. The van der Waals surface area contributed by atoms with Crippen molar-refractivity contribution in [1.82, 2.24) is 10.2 Å². The maximum Gasteiger partial charge on any atom is 0.323 e. The quantitative estimate of drug-likeness (QED) is 0.312. The number of amides is 2. The van der Waals surface area contributed by atoms with E-state index in [1.807, 2.05) is 0 Å². The van der Waals surface area contributed by atoms with Crippen LogP contribution in [-0.4, -0.2) is 85.3 Å². The normalized spacial score (nSPS) is 28.0. The molecular formula is C28H58N2O6Si3. The molecule has 2 aliphatic heterocycles. The fourth-order valence-electron chi connectivity index (χ4n) is 3.83. The molecule has 5 atom stereocenters. The third-order valence-electron chi connectivity index (χ3n) is 9.77. The van der Waals surface area contributed by atoms with Crippen molar-refractivity contribution in [3.8, 4) is 0 Å². The molecule has 1 saturated heterocycles. The number of carbonyl (C=O) groups excluding carboxylic acids is 1. The zero-order valence-corrected chi connectivity index (χ0v) is 30.6. The van der Waals surface area contributed by atoms with Gasteiger partial charge in [-0.3, -0.25) is 0 Å². The predicted molar refractivity (Wildman–Crippen MR) is 166 cm³/mol. The van der Waals surface area contributed by atoms with Gasteiger partial charge in [0.15, 0.2) is 31.2 Å². The molecule has 228 valence electrons. The van der Waals surface area contributed by atoms with Gasteiger partial charge < -0.3 is 33.3 Å². The Hall–Kier alpha value is -0.539. The van der Waals surface area contributed by atoms with Crippen LogP contribution in [-0.2, 0) is 18.0 Å². The molecule has 2 aliphatic rings. The molecule has 11 heteroatoms. The van der Waals surface area contributed by atoms with Gasteiger partial charge in [0.05, 0.1) is 6.61 Å². The third kappa shape index (κ3) is 7.65. The lowest BCUT2D eigenvalue weighted by molar-refractivity contribution is -0.0138. The molecule has 8 nitrogen and oxygen atoms in total. The van der Waals surface area contributed by atoms with E-state index in [1.54, 1.807) is 13.2 Å². The fraction of sp³-hybridized carbons (Fsp3) is 0.893. The first-order valence-corrected chi connectivity index (χ1v) is 23.0. The average molecular weight is 603 g/mol. The Morgan fingerprint density at radius 2 is 1.28 bits per heavy atom. The van der Waals surface area contributed by atoms with Gasteiger partial charge in [-0.2, -0.15) is 0 Å². The predicted octanol–water partition coefficient (Wildman–Crippen LogP) is 6.41. The van der Waals surface area contributed by atoms with Crippen molar-refractivity contribution in [2.75, 3.05) is 13.7 Å². The van der Waals surface area contributed by atoms with Crippen LogP contribution < -0.4 is 5.32 Å². The first kappa shape index (κ1) is 34.7. The first-order valence-electron chi connectivity index (χ1n) is 14.3. The molecule has 39 heavy (non-hydrogen) atoms. The molecule has 2 amide bonds. The summed E-state index contributed by atoms with van der Waals surface area (Å²) < 4.78 is 27.8. The van der Waals surface area contributed by atoms with Crippen LogP contribution in [0.25, 0.3) is 0 Å². The van der Waals surface area contributed by atoms with Gasteiger partial charge in [0.1, 0.15) is 24.4 Å². The summed E-state index contributed by atoms with van der Waals surface area (Å²) in [6.45, 7) is 33.8. The molecule has 2 N–H and O–H groups in total. The number of aliphatic hydroxyl groups is 1. The van der Waals surface area contributed by atoms with Gasteiger partial charge in [0, 0.05) is 18.8 Å². The molecule has 2 heterocycles. The van der Waals surface area contributed by atoms with Crippen molar-refractivity contribution in [2.45, 2.75) is 147 Å². The van der Waals surface area contributed by atoms with Gasteiger partial charge in [0.25, 0.3) is 0 Å². The van der Waals surface area contributed by atoms with Crippen LogP contribution in [0.5, 0.6) is 0 Å². The second kappa shape index (κ2) is 11.3. The molecule has 0 aromatic rings. The summed E-state index contributed by atoms with van der Waals surface area (Å²) >= 11 is 0. The van der Waals surface area contributed by atoms with Crippen molar-refractivity contribution in [1.29, 1.82) is 0 Å². The highest BCUT2D eigenvalue weighted by Gasteiger charge is 2.56. The second-order valence-electron chi connectivity index (χ2n) is 15.9. The summed E-state index contributed by atoms with van der Waals surface area (Å²) in [5.41, 5.74) is 0.569. The van der Waals surface area contributed by atoms with Gasteiger partial charge in [-0.1, -0.05) is 62.3 Å². The summed E-state index contributed by atoms with van der Waals surface area (Å²) in [6, 6.07) is -0.363. The highest BCUT2D eigenvalue weighted by molar-refractivity contribution is 6.75. The summed E-state index contributed by atoms with van der Waals surface area (Å²) in [5, 5.41) is 13.6. The van der Waals surface area contributed by atoms with Crippen molar-refractivity contribution in [3.05, 3.63) is 11.8 Å². The minimum absolute atomic E-state index is 0.0186. The maximum atomic E-state index is 12.3. The van der Waals surface area contributed by atoms with Gasteiger partial charge in [-0.25, -0.2) is 4.79 Å². The summed E-state index contributed by atoms with van der Waals surface area (Å²) in [4.78, 5) is 13.7. The SMILES string of the molecule is CN1C=C([C@@H]2O[C@H](CO[Si](C)(C)C(C)(C)C)C(O[Si](C)(C)C(C)(C)C)C2O[Si](C)(C)C(C)(C)C)C(O)NC1=O. The Bertz CT molecular complexity index is 918. The molecule has 0 aromatic carbocycles. The number of hydrogen-bond donors (Lipinski definition) is 2. The molecular weight excluding hydrogens is 545 g/mol. The lowest BCUT2D eigenvalue weighted by atomic mass is 10.00. The standard InChI is InChI=1S/C28H58N2O6Si3/c1-26(2,3)37(11,12)33-18-20-22(35-38(13,14)27(4,5)6)23(36-39(15,16)28(7,8)9)21(34-20)19-17-30(10)25(32)29-24(19)31/h17,20-24,31H,18H2,1-16H3,(H,29,32)/t20-,21+,22?,23?,24?/m1/s1. The summed E-state index contributed by atoms with van der Waals surface area (Å²) in [6.07, 6.45) is -1.32. The monoisotopic (exact) mass is 602 g/mol. The van der Waals surface area contributed by atoms with Crippen LogP contribution in [0.2, 0.25) is 54.4 Å². The van der Waals surface area contributed by atoms with Gasteiger partial charge in [0.2, 0.25) is 0 Å². The molecule has 1 fully saturated rings. The van der Waals surface area contributed by atoms with Crippen LogP contribution in [0.4, 0.5) is 4.79 Å². The molecule has 0 spiro atoms. The fourth-order valence-corrected chi connectivity index (χ4v) is 7.45. The zero-order chi connectivity index (χ0) is 30.6. The largest absolute Gasteiger partial charge is 0.414 e. The number of aliphatic hydroxyl groups excluding tert-OH is 1. The number of urea groups is 1. The van der Waals surface area contributed by atoms with E-state index in [4.69, 9.17) is 18.0 Å². The minimum atomic E-state index is -2.30. The Labute approximate surface area is 241 Å². The Morgan fingerprint density at radius 1 is 0.846 bits per heavy atom. The van der Waals surface area contributed by atoms with E-state index in [0.717, 1.165) is 0 Å². The van der Waals surface area contributed by atoms with E-state index in [0.29, 0.717) is 12.2 Å². The lowest BCUT2D eigenvalue weighted by Gasteiger charge is -2.45. The van der Waals surface area contributed by atoms with Crippen LogP contribution in [0, 0.1) is 0 Å². The van der Waals surface area contributed by atoms with Crippen LogP contribution >= 0.6 is 0 Å². The molecule has 2 rings (SSSR count). The molecule has 0 radical (unpaired) electrons. The van der Waals surface area contributed by atoms with Crippen molar-refractivity contribution in [2.24, 2.45) is 0 Å². The van der Waals surface area contributed by atoms with Gasteiger partial charge in [-0.05, 0) is 54.4 Å². The first-order chi connectivity index (χ1) is 17.2. The van der Waals surface area contributed by atoms with E-state index < -0.39 is 43.4 Å². The van der Waals surface area contributed by atoms with Crippen LogP contribution in [0.15, 0.2) is 11.8 Å². The van der Waals surface area contributed by atoms with E-state index in [9.17, 15) is 9.90 Å². The number of rotatable bonds is 8. The highest BCUT2D eigenvalue weighted by atomic mass is 28.4. The smallest absolute Gasteiger partial charge is 0.323 e. The van der Waals surface area contributed by atoms with E-state index in [2.05, 4.69) is 107 Å². The Balaban J connectivity index is 2.63. The number of nitrogens with zero attached hydrogens (tertiary/aromatic N) is 1. The Kier molecular flexibility index (Phi) is 10.0. The molecule has 0 aromatic heterocycles. The van der Waals surface area contributed by atoms with Crippen molar-refractivity contribution >= 4 is 31.0 Å². The maximum absolute atomic E-state index is 12.3. The topological polar surface area (TPSA) is 89.5 Å². The minimum Gasteiger partial charge on any atom is -0.414 e. The summed E-state index contributed by atoms with van der Waals surface area (Å²) in [5.74, 6) is 0. The summed E-state index contributed by atoms with van der Waals surface area (Å²) in [7, 11) is -4.96. The number of hydrogen-bond acceptors (Lipinski definition) is 6. The van der Waals surface area contributed by atoms with Gasteiger partial charge >= 0.3 is 6.03 Å². The molecule has 0 saturated carbocycles. The number of ether oxygens (including phenoxy) is 1. The van der Waals surface area contributed by atoms with Crippen LogP contribution in [0.1, 0.15) is 62.3 Å². The Morgan fingerprint density at radius 3 is 1.72 bits per heavy atom. The molecule has 0 bridgehead atoms. The molecule has 0 aliphatic carbocycles.